The summed E-state index contributed by atoms with van der Waals surface area (Å²) in [6.07, 6.45) is 5.88. The standard InChI is InChI=1S/C15H16N4/c1-11-5-6-16-14(8-11)17-9-13-10-19-7-3-4-12(2)15(19)18-13/h3-8,10H,9H2,1-2H3,(H,16,17). The van der Waals surface area contributed by atoms with Crippen LogP contribution in [0.3, 0.4) is 0 Å². The fourth-order valence-corrected chi connectivity index (χ4v) is 2.10. The molecule has 3 aromatic rings. The molecule has 0 aliphatic heterocycles. The van der Waals surface area contributed by atoms with Gasteiger partial charge >= 0.3 is 0 Å². The van der Waals surface area contributed by atoms with E-state index in [1.807, 2.05) is 36.8 Å². The number of aromatic nitrogens is 3. The van der Waals surface area contributed by atoms with Crippen molar-refractivity contribution in [3.05, 3.63) is 59.7 Å². The van der Waals surface area contributed by atoms with Crippen molar-refractivity contribution < 1.29 is 0 Å². The van der Waals surface area contributed by atoms with Crippen LogP contribution in [-0.2, 0) is 6.54 Å². The molecule has 0 bridgehead atoms. The van der Waals surface area contributed by atoms with Crippen LogP contribution in [0.4, 0.5) is 5.82 Å². The highest BCUT2D eigenvalue weighted by atomic mass is 15.0. The van der Waals surface area contributed by atoms with Gasteiger partial charge in [-0.15, -0.1) is 0 Å². The Morgan fingerprint density at radius 3 is 2.95 bits per heavy atom. The Hall–Kier alpha value is -2.36. The SMILES string of the molecule is Cc1ccnc(NCc2cn3cccc(C)c3n2)c1. The van der Waals surface area contributed by atoms with E-state index in [1.54, 1.807) is 0 Å². The van der Waals surface area contributed by atoms with Gasteiger partial charge in [-0.1, -0.05) is 6.07 Å². The van der Waals surface area contributed by atoms with Crippen molar-refractivity contribution in [2.75, 3.05) is 5.32 Å². The number of fused-ring (bicyclic) bond motifs is 1. The number of nitrogens with one attached hydrogen (secondary N) is 1. The van der Waals surface area contributed by atoms with Crippen molar-refractivity contribution in [3.63, 3.8) is 0 Å². The highest BCUT2D eigenvalue weighted by molar-refractivity contribution is 5.48. The van der Waals surface area contributed by atoms with E-state index >= 15 is 0 Å². The van der Waals surface area contributed by atoms with Crippen LogP contribution in [0.1, 0.15) is 16.8 Å². The Morgan fingerprint density at radius 2 is 2.16 bits per heavy atom. The molecule has 0 atom stereocenters. The molecule has 0 fully saturated rings. The van der Waals surface area contributed by atoms with Crippen LogP contribution in [0.5, 0.6) is 0 Å². The molecule has 0 saturated carbocycles. The van der Waals surface area contributed by atoms with E-state index in [-0.39, 0.29) is 0 Å². The summed E-state index contributed by atoms with van der Waals surface area (Å²) in [4.78, 5) is 8.90. The minimum atomic E-state index is 0.678. The van der Waals surface area contributed by atoms with Gasteiger partial charge in [-0.25, -0.2) is 9.97 Å². The molecule has 4 heteroatoms. The van der Waals surface area contributed by atoms with E-state index in [1.165, 1.54) is 11.1 Å². The van der Waals surface area contributed by atoms with Gasteiger partial charge in [-0.05, 0) is 43.2 Å². The fourth-order valence-electron chi connectivity index (χ4n) is 2.10. The summed E-state index contributed by atoms with van der Waals surface area (Å²) < 4.78 is 2.05. The molecule has 0 saturated heterocycles. The zero-order valence-electron chi connectivity index (χ0n) is 11.1. The lowest BCUT2D eigenvalue weighted by atomic mass is 10.3. The minimum absolute atomic E-state index is 0.678. The highest BCUT2D eigenvalue weighted by Crippen LogP contribution is 2.12. The Kier molecular flexibility index (Phi) is 2.91. The van der Waals surface area contributed by atoms with Crippen molar-refractivity contribution in [2.45, 2.75) is 20.4 Å². The molecule has 0 spiro atoms. The summed E-state index contributed by atoms with van der Waals surface area (Å²) in [6.45, 7) is 4.81. The first kappa shape index (κ1) is 11.7. The molecule has 3 heterocycles. The first-order chi connectivity index (χ1) is 9.22. The van der Waals surface area contributed by atoms with Gasteiger partial charge in [0.2, 0.25) is 0 Å². The zero-order chi connectivity index (χ0) is 13.2. The first-order valence-corrected chi connectivity index (χ1v) is 6.32. The van der Waals surface area contributed by atoms with Crippen LogP contribution in [0.2, 0.25) is 0 Å². The lowest BCUT2D eigenvalue weighted by molar-refractivity contribution is 1.05. The summed E-state index contributed by atoms with van der Waals surface area (Å²) in [5.74, 6) is 0.883. The van der Waals surface area contributed by atoms with E-state index in [4.69, 9.17) is 0 Å². The third kappa shape index (κ3) is 2.42. The highest BCUT2D eigenvalue weighted by Gasteiger charge is 2.03. The largest absolute Gasteiger partial charge is 0.364 e. The molecule has 0 aliphatic carbocycles. The third-order valence-corrected chi connectivity index (χ3v) is 3.09. The van der Waals surface area contributed by atoms with Gasteiger partial charge in [0.05, 0.1) is 12.2 Å². The Morgan fingerprint density at radius 1 is 1.26 bits per heavy atom. The summed E-state index contributed by atoms with van der Waals surface area (Å²) in [6, 6.07) is 8.12. The van der Waals surface area contributed by atoms with Crippen LogP contribution in [0.15, 0.2) is 42.9 Å². The van der Waals surface area contributed by atoms with Crippen molar-refractivity contribution in [1.29, 1.82) is 0 Å². The maximum absolute atomic E-state index is 4.62. The lowest BCUT2D eigenvalue weighted by Crippen LogP contribution is -2.01. The van der Waals surface area contributed by atoms with Gasteiger partial charge in [0, 0.05) is 18.6 Å². The Labute approximate surface area is 112 Å². The summed E-state index contributed by atoms with van der Waals surface area (Å²) in [7, 11) is 0. The molecule has 96 valence electrons. The molecule has 19 heavy (non-hydrogen) atoms. The maximum atomic E-state index is 4.62. The average Bonchev–Trinajstić information content (AvgIpc) is 2.81. The van der Waals surface area contributed by atoms with Crippen LogP contribution in [-0.4, -0.2) is 14.4 Å². The van der Waals surface area contributed by atoms with Crippen LogP contribution < -0.4 is 5.32 Å². The summed E-state index contributed by atoms with van der Waals surface area (Å²) in [5, 5.41) is 3.30. The molecular formula is C15H16N4. The fraction of sp³-hybridized carbons (Fsp3) is 0.200. The second-order valence-corrected chi connectivity index (χ2v) is 4.73. The normalized spacial score (nSPS) is 10.8. The molecule has 1 N–H and O–H groups in total. The van der Waals surface area contributed by atoms with Crippen LogP contribution in [0.25, 0.3) is 5.65 Å². The maximum Gasteiger partial charge on any atom is 0.140 e. The van der Waals surface area contributed by atoms with E-state index in [9.17, 15) is 0 Å². The summed E-state index contributed by atoms with van der Waals surface area (Å²) in [5.41, 5.74) is 4.40. The van der Waals surface area contributed by atoms with Crippen LogP contribution >= 0.6 is 0 Å². The van der Waals surface area contributed by atoms with Gasteiger partial charge in [-0.2, -0.15) is 0 Å². The van der Waals surface area contributed by atoms with Gasteiger partial charge in [0.1, 0.15) is 11.5 Å². The van der Waals surface area contributed by atoms with Crippen molar-refractivity contribution in [3.8, 4) is 0 Å². The molecule has 3 rings (SSSR count). The van der Waals surface area contributed by atoms with Crippen molar-refractivity contribution in [1.82, 2.24) is 14.4 Å². The monoisotopic (exact) mass is 252 g/mol. The topological polar surface area (TPSA) is 42.2 Å². The molecule has 0 radical (unpaired) electrons. The number of nitrogens with zero attached hydrogens (tertiary/aromatic N) is 3. The molecule has 0 aliphatic rings. The van der Waals surface area contributed by atoms with E-state index in [0.29, 0.717) is 6.54 Å². The Balaban J connectivity index is 1.80. The molecule has 3 aromatic heterocycles. The molecule has 0 amide bonds. The van der Waals surface area contributed by atoms with Crippen molar-refractivity contribution in [2.24, 2.45) is 0 Å². The smallest absolute Gasteiger partial charge is 0.140 e. The number of pyridine rings is 2. The second-order valence-electron chi connectivity index (χ2n) is 4.73. The van der Waals surface area contributed by atoms with Gasteiger partial charge in [0.15, 0.2) is 0 Å². The van der Waals surface area contributed by atoms with Gasteiger partial charge in [0.25, 0.3) is 0 Å². The summed E-state index contributed by atoms with van der Waals surface area (Å²) >= 11 is 0. The van der Waals surface area contributed by atoms with Gasteiger partial charge in [-0.3, -0.25) is 0 Å². The zero-order valence-corrected chi connectivity index (χ0v) is 11.1. The predicted octanol–water partition coefficient (Wildman–Crippen LogP) is 2.96. The van der Waals surface area contributed by atoms with Crippen molar-refractivity contribution >= 4 is 11.5 Å². The second kappa shape index (κ2) is 4.72. The number of anilines is 1. The van der Waals surface area contributed by atoms with E-state index < -0.39 is 0 Å². The number of aryl methyl sites for hydroxylation is 2. The van der Waals surface area contributed by atoms with Crippen LogP contribution in [0, 0.1) is 13.8 Å². The number of rotatable bonds is 3. The molecule has 0 unspecified atom stereocenters. The molecule has 4 nitrogen and oxygen atoms in total. The predicted molar refractivity (Wildman–Crippen MR) is 76.2 cm³/mol. The average molecular weight is 252 g/mol. The van der Waals surface area contributed by atoms with Gasteiger partial charge < -0.3 is 9.72 Å². The van der Waals surface area contributed by atoms with E-state index in [2.05, 4.69) is 39.6 Å². The molecule has 0 aromatic carbocycles. The molecular weight excluding hydrogens is 236 g/mol. The minimum Gasteiger partial charge on any atom is -0.364 e. The quantitative estimate of drug-likeness (QED) is 0.779. The first-order valence-electron chi connectivity index (χ1n) is 6.32. The number of hydrogen-bond acceptors (Lipinski definition) is 3. The number of hydrogen-bond donors (Lipinski definition) is 1. The lowest BCUT2D eigenvalue weighted by Gasteiger charge is -2.03. The number of imidazole rings is 1. The third-order valence-electron chi connectivity index (χ3n) is 3.09. The Bertz CT molecular complexity index is 715. The van der Waals surface area contributed by atoms with E-state index in [0.717, 1.165) is 17.2 Å².